The molecule has 0 fully saturated rings. The molecule has 1 aromatic carbocycles. The van der Waals surface area contributed by atoms with Gasteiger partial charge in [0.15, 0.2) is 0 Å². The van der Waals surface area contributed by atoms with Crippen LogP contribution in [0.15, 0.2) is 36.5 Å². The van der Waals surface area contributed by atoms with Gasteiger partial charge in [0.05, 0.1) is 5.52 Å². The monoisotopic (exact) mass is 189 g/mol. The Kier molecular flexibility index (Phi) is 2.08. The van der Waals surface area contributed by atoms with Gasteiger partial charge in [-0.2, -0.15) is 0 Å². The lowest BCUT2D eigenvalue weighted by atomic mass is 10.2. The Bertz CT molecular complexity index is 442. The predicted octanol–water partition coefficient (Wildman–Crippen LogP) is 2.72. The van der Waals surface area contributed by atoms with Crippen LogP contribution in [-0.4, -0.2) is 9.67 Å². The molecule has 0 radical (unpaired) electrons. The summed E-state index contributed by atoms with van der Waals surface area (Å²) >= 11 is 0. The van der Waals surface area contributed by atoms with Gasteiger partial charge in [-0.25, -0.2) is 0 Å². The van der Waals surface area contributed by atoms with Crippen LogP contribution < -0.4 is 0 Å². The van der Waals surface area contributed by atoms with Crippen molar-refractivity contribution in [2.45, 2.75) is 26.0 Å². The molecule has 1 unspecified atom stereocenters. The molecule has 0 aliphatic heterocycles. The second-order valence-electron chi connectivity index (χ2n) is 3.82. The van der Waals surface area contributed by atoms with E-state index in [-0.39, 0.29) is 0 Å². The van der Waals surface area contributed by atoms with Crippen molar-refractivity contribution in [1.29, 1.82) is 0 Å². The Hall–Kier alpha value is -1.28. The van der Waals surface area contributed by atoms with Crippen LogP contribution in [0.25, 0.3) is 10.9 Å². The summed E-state index contributed by atoms with van der Waals surface area (Å²) in [7, 11) is 0. The highest BCUT2D eigenvalue weighted by Gasteiger charge is 2.20. The molecule has 1 heterocycles. The van der Waals surface area contributed by atoms with Crippen LogP contribution in [0.1, 0.15) is 20.3 Å². The second kappa shape index (κ2) is 3.14. The fraction of sp³-hybridized carbons (Fsp3) is 0.333. The van der Waals surface area contributed by atoms with E-state index in [1.807, 2.05) is 48.9 Å². The Labute approximate surface area is 83.8 Å². The molecule has 0 spiro atoms. The number of fused-ring (bicyclic) bond motifs is 1. The Morgan fingerprint density at radius 2 is 2.00 bits per heavy atom. The molecular formula is C12H15NO. The summed E-state index contributed by atoms with van der Waals surface area (Å²) in [5, 5.41) is 11.3. The summed E-state index contributed by atoms with van der Waals surface area (Å²) in [5.74, 6) is 0. The summed E-state index contributed by atoms with van der Waals surface area (Å²) in [5.41, 5.74) is 0.294. The first-order valence-electron chi connectivity index (χ1n) is 4.94. The molecule has 0 aliphatic rings. The molecule has 14 heavy (non-hydrogen) atoms. The number of hydrogen-bond donors (Lipinski definition) is 1. The van der Waals surface area contributed by atoms with Crippen molar-refractivity contribution in [3.05, 3.63) is 36.5 Å². The lowest BCUT2D eigenvalue weighted by Gasteiger charge is -2.24. The molecule has 0 bridgehead atoms. The van der Waals surface area contributed by atoms with Crippen LogP contribution in [0.3, 0.4) is 0 Å². The van der Waals surface area contributed by atoms with E-state index >= 15 is 0 Å². The van der Waals surface area contributed by atoms with Gasteiger partial charge in [0.25, 0.3) is 0 Å². The van der Waals surface area contributed by atoms with Crippen molar-refractivity contribution in [2.75, 3.05) is 0 Å². The third-order valence-corrected chi connectivity index (χ3v) is 2.79. The highest BCUT2D eigenvalue weighted by atomic mass is 16.3. The predicted molar refractivity (Wildman–Crippen MR) is 58.1 cm³/mol. The van der Waals surface area contributed by atoms with E-state index in [1.165, 1.54) is 5.39 Å². The minimum atomic E-state index is -0.789. The van der Waals surface area contributed by atoms with Crippen molar-refractivity contribution < 1.29 is 5.11 Å². The maximum absolute atomic E-state index is 10.1. The first-order chi connectivity index (χ1) is 6.65. The van der Waals surface area contributed by atoms with Gasteiger partial charge in [-0.3, -0.25) is 0 Å². The molecule has 1 aromatic heterocycles. The SMILES string of the molecule is CCC(C)(O)n1ccc2ccccc21. The van der Waals surface area contributed by atoms with E-state index in [1.54, 1.807) is 0 Å². The quantitative estimate of drug-likeness (QED) is 0.772. The van der Waals surface area contributed by atoms with Crippen molar-refractivity contribution in [1.82, 2.24) is 4.57 Å². The van der Waals surface area contributed by atoms with Crippen molar-refractivity contribution in [3.8, 4) is 0 Å². The van der Waals surface area contributed by atoms with Crippen LogP contribution >= 0.6 is 0 Å². The molecule has 0 saturated carbocycles. The number of para-hydroxylation sites is 1. The Balaban J connectivity index is 2.64. The molecule has 2 rings (SSSR count). The molecule has 74 valence electrons. The molecule has 2 heteroatoms. The molecule has 2 nitrogen and oxygen atoms in total. The molecule has 0 saturated heterocycles. The fourth-order valence-electron chi connectivity index (χ4n) is 1.67. The van der Waals surface area contributed by atoms with E-state index in [0.717, 1.165) is 5.52 Å². The van der Waals surface area contributed by atoms with Crippen molar-refractivity contribution in [2.24, 2.45) is 0 Å². The highest BCUT2D eigenvalue weighted by Crippen LogP contribution is 2.24. The second-order valence-corrected chi connectivity index (χ2v) is 3.82. The van der Waals surface area contributed by atoms with Gasteiger partial charge in [0, 0.05) is 6.20 Å². The van der Waals surface area contributed by atoms with Gasteiger partial charge >= 0.3 is 0 Å². The van der Waals surface area contributed by atoms with E-state index in [2.05, 4.69) is 6.07 Å². The normalized spacial score (nSPS) is 15.6. The molecule has 0 amide bonds. The van der Waals surface area contributed by atoms with Gasteiger partial charge in [-0.1, -0.05) is 25.1 Å². The van der Waals surface area contributed by atoms with Gasteiger partial charge < -0.3 is 9.67 Å². The van der Waals surface area contributed by atoms with Crippen LogP contribution in [0, 0.1) is 0 Å². The average molecular weight is 189 g/mol. The number of aromatic nitrogens is 1. The maximum Gasteiger partial charge on any atom is 0.138 e. The van der Waals surface area contributed by atoms with Gasteiger partial charge in [-0.05, 0) is 30.9 Å². The topological polar surface area (TPSA) is 25.2 Å². The summed E-state index contributed by atoms with van der Waals surface area (Å²) in [6, 6.07) is 10.1. The summed E-state index contributed by atoms with van der Waals surface area (Å²) in [6.07, 6.45) is 2.64. The third-order valence-electron chi connectivity index (χ3n) is 2.79. The minimum absolute atomic E-state index is 0.700. The average Bonchev–Trinajstić information content (AvgIpc) is 2.61. The number of aliphatic hydroxyl groups is 1. The maximum atomic E-state index is 10.1. The van der Waals surface area contributed by atoms with Crippen LogP contribution in [-0.2, 0) is 5.72 Å². The van der Waals surface area contributed by atoms with Gasteiger partial charge in [0.2, 0.25) is 0 Å². The fourth-order valence-corrected chi connectivity index (χ4v) is 1.67. The zero-order chi connectivity index (χ0) is 10.2. The number of benzene rings is 1. The van der Waals surface area contributed by atoms with E-state index in [9.17, 15) is 5.11 Å². The summed E-state index contributed by atoms with van der Waals surface area (Å²) in [6.45, 7) is 3.81. The zero-order valence-corrected chi connectivity index (χ0v) is 8.57. The van der Waals surface area contributed by atoms with Crippen LogP contribution in [0.2, 0.25) is 0 Å². The molecule has 1 N–H and O–H groups in total. The summed E-state index contributed by atoms with van der Waals surface area (Å²) in [4.78, 5) is 0. The lowest BCUT2D eigenvalue weighted by Crippen LogP contribution is -2.27. The Morgan fingerprint density at radius 3 is 2.71 bits per heavy atom. The number of hydrogen-bond acceptors (Lipinski definition) is 1. The standard InChI is InChI=1S/C12H15NO/c1-3-12(2,14)13-9-8-10-6-4-5-7-11(10)13/h4-9,14H,3H2,1-2H3. The number of rotatable bonds is 2. The smallest absolute Gasteiger partial charge is 0.138 e. The van der Waals surface area contributed by atoms with Crippen molar-refractivity contribution in [3.63, 3.8) is 0 Å². The highest BCUT2D eigenvalue weighted by molar-refractivity contribution is 5.80. The lowest BCUT2D eigenvalue weighted by molar-refractivity contribution is -0.0177. The molecule has 0 aliphatic carbocycles. The van der Waals surface area contributed by atoms with E-state index in [4.69, 9.17) is 0 Å². The minimum Gasteiger partial charge on any atom is -0.371 e. The third kappa shape index (κ3) is 1.32. The van der Waals surface area contributed by atoms with E-state index < -0.39 is 5.72 Å². The van der Waals surface area contributed by atoms with E-state index in [0.29, 0.717) is 6.42 Å². The summed E-state index contributed by atoms with van der Waals surface area (Å²) < 4.78 is 1.92. The van der Waals surface area contributed by atoms with Crippen LogP contribution in [0.5, 0.6) is 0 Å². The van der Waals surface area contributed by atoms with Gasteiger partial charge in [0.1, 0.15) is 5.72 Å². The first-order valence-corrected chi connectivity index (χ1v) is 4.94. The molecular weight excluding hydrogens is 174 g/mol. The molecule has 2 aromatic rings. The van der Waals surface area contributed by atoms with Gasteiger partial charge in [-0.15, -0.1) is 0 Å². The number of nitrogens with zero attached hydrogens (tertiary/aromatic N) is 1. The first kappa shape index (κ1) is 9.28. The molecule has 1 atom stereocenters. The van der Waals surface area contributed by atoms with Crippen molar-refractivity contribution >= 4 is 10.9 Å². The van der Waals surface area contributed by atoms with Crippen LogP contribution in [0.4, 0.5) is 0 Å². The largest absolute Gasteiger partial charge is 0.371 e. The Morgan fingerprint density at radius 1 is 1.29 bits per heavy atom. The zero-order valence-electron chi connectivity index (χ0n) is 8.57.